The molecule has 0 unspecified atom stereocenters. The van der Waals surface area contributed by atoms with Crippen molar-refractivity contribution in [3.63, 3.8) is 0 Å². The van der Waals surface area contributed by atoms with E-state index in [9.17, 15) is 13.2 Å². The van der Waals surface area contributed by atoms with Gasteiger partial charge in [0.2, 0.25) is 5.95 Å². The van der Waals surface area contributed by atoms with E-state index in [4.69, 9.17) is 5.73 Å². The predicted octanol–water partition coefficient (Wildman–Crippen LogP) is 2.00. The van der Waals surface area contributed by atoms with Crippen LogP contribution in [0, 0.1) is 0 Å². The SMILES string of the molecule is CCn1ccc(-c2nc(N)nc(NC)c2C(F)(F)F)n1. The van der Waals surface area contributed by atoms with Crippen LogP contribution >= 0.6 is 0 Å². The molecular weight excluding hydrogens is 273 g/mol. The predicted molar refractivity (Wildman–Crippen MR) is 67.9 cm³/mol. The van der Waals surface area contributed by atoms with Crippen LogP contribution in [-0.2, 0) is 12.7 Å². The topological polar surface area (TPSA) is 81.7 Å². The van der Waals surface area contributed by atoms with Crippen molar-refractivity contribution in [1.82, 2.24) is 19.7 Å². The lowest BCUT2D eigenvalue weighted by atomic mass is 10.1. The highest BCUT2D eigenvalue weighted by Crippen LogP contribution is 2.39. The Kier molecular flexibility index (Phi) is 3.51. The molecule has 6 nitrogen and oxygen atoms in total. The molecule has 0 radical (unpaired) electrons. The second kappa shape index (κ2) is 4.99. The van der Waals surface area contributed by atoms with E-state index in [1.54, 1.807) is 6.20 Å². The van der Waals surface area contributed by atoms with E-state index in [2.05, 4.69) is 20.4 Å². The van der Waals surface area contributed by atoms with Gasteiger partial charge in [-0.25, -0.2) is 4.98 Å². The van der Waals surface area contributed by atoms with Gasteiger partial charge < -0.3 is 11.1 Å². The summed E-state index contributed by atoms with van der Waals surface area (Å²) in [5.41, 5.74) is 4.25. The molecule has 2 aromatic rings. The molecule has 0 saturated heterocycles. The second-order valence-corrected chi connectivity index (χ2v) is 3.96. The molecule has 3 N–H and O–H groups in total. The standard InChI is InChI=1S/C11H13F3N6/c1-3-20-5-4-6(19-20)8-7(11(12,13)14)9(16-2)18-10(15)17-8/h4-5H,3H2,1-2H3,(H3,15,16,17,18). The van der Waals surface area contributed by atoms with Gasteiger partial charge in [0.05, 0.1) is 0 Å². The molecule has 0 aromatic carbocycles. The number of rotatable bonds is 3. The van der Waals surface area contributed by atoms with Crippen molar-refractivity contribution in [2.75, 3.05) is 18.1 Å². The van der Waals surface area contributed by atoms with E-state index in [-0.39, 0.29) is 23.2 Å². The highest BCUT2D eigenvalue weighted by atomic mass is 19.4. The molecule has 0 fully saturated rings. The maximum atomic E-state index is 13.2. The third-order valence-corrected chi connectivity index (χ3v) is 2.65. The first-order chi connectivity index (χ1) is 9.36. The third kappa shape index (κ3) is 2.51. The minimum Gasteiger partial charge on any atom is -0.372 e. The van der Waals surface area contributed by atoms with Crippen LogP contribution in [0.25, 0.3) is 11.4 Å². The van der Waals surface area contributed by atoms with Gasteiger partial charge in [-0.3, -0.25) is 4.68 Å². The largest absolute Gasteiger partial charge is 0.422 e. The number of aryl methyl sites for hydroxylation is 1. The number of alkyl halides is 3. The smallest absolute Gasteiger partial charge is 0.372 e. The summed E-state index contributed by atoms with van der Waals surface area (Å²) in [5.74, 6) is -0.616. The number of hydrogen-bond donors (Lipinski definition) is 2. The summed E-state index contributed by atoms with van der Waals surface area (Å²) < 4.78 is 41.1. The molecule has 0 saturated carbocycles. The Hall–Kier alpha value is -2.32. The van der Waals surface area contributed by atoms with Gasteiger partial charge in [0.1, 0.15) is 22.8 Å². The number of aromatic nitrogens is 4. The first-order valence-corrected chi connectivity index (χ1v) is 5.83. The average Bonchev–Trinajstić information content (AvgIpc) is 2.84. The van der Waals surface area contributed by atoms with Gasteiger partial charge in [0.25, 0.3) is 0 Å². The van der Waals surface area contributed by atoms with Gasteiger partial charge >= 0.3 is 6.18 Å². The van der Waals surface area contributed by atoms with Crippen molar-refractivity contribution in [3.05, 3.63) is 17.8 Å². The summed E-state index contributed by atoms with van der Waals surface area (Å²) in [5, 5.41) is 6.42. The summed E-state index contributed by atoms with van der Waals surface area (Å²) in [6.07, 6.45) is -3.04. The lowest BCUT2D eigenvalue weighted by Crippen LogP contribution is -2.15. The summed E-state index contributed by atoms with van der Waals surface area (Å²) >= 11 is 0. The fourth-order valence-electron chi connectivity index (χ4n) is 1.78. The summed E-state index contributed by atoms with van der Waals surface area (Å²) in [6.45, 7) is 2.37. The molecule has 0 atom stereocenters. The summed E-state index contributed by atoms with van der Waals surface area (Å²) in [6, 6.07) is 1.46. The normalized spacial score (nSPS) is 11.7. The molecule has 9 heteroatoms. The quantitative estimate of drug-likeness (QED) is 0.902. The fourth-order valence-corrected chi connectivity index (χ4v) is 1.78. The van der Waals surface area contributed by atoms with Crippen LogP contribution in [0.5, 0.6) is 0 Å². The molecule has 108 valence electrons. The van der Waals surface area contributed by atoms with Gasteiger partial charge in [-0.05, 0) is 13.0 Å². The van der Waals surface area contributed by atoms with Crippen LogP contribution in [0.3, 0.4) is 0 Å². The van der Waals surface area contributed by atoms with Gasteiger partial charge in [-0.2, -0.15) is 23.3 Å². The van der Waals surface area contributed by atoms with E-state index in [1.165, 1.54) is 17.8 Å². The second-order valence-electron chi connectivity index (χ2n) is 3.96. The molecule has 2 heterocycles. The van der Waals surface area contributed by atoms with Crippen LogP contribution in [0.15, 0.2) is 12.3 Å². The first-order valence-electron chi connectivity index (χ1n) is 5.83. The zero-order valence-electron chi connectivity index (χ0n) is 10.9. The number of halogens is 3. The van der Waals surface area contributed by atoms with E-state index in [0.717, 1.165) is 0 Å². The molecule has 20 heavy (non-hydrogen) atoms. The minimum atomic E-state index is -4.61. The third-order valence-electron chi connectivity index (χ3n) is 2.65. The van der Waals surface area contributed by atoms with Gasteiger partial charge in [-0.1, -0.05) is 0 Å². The molecule has 0 aliphatic carbocycles. The van der Waals surface area contributed by atoms with Crippen molar-refractivity contribution in [1.29, 1.82) is 0 Å². The average molecular weight is 286 g/mol. The maximum Gasteiger partial charge on any atom is 0.422 e. The summed E-state index contributed by atoms with van der Waals surface area (Å²) in [4.78, 5) is 7.27. The Morgan fingerprint density at radius 3 is 2.55 bits per heavy atom. The molecule has 2 rings (SSSR count). The monoisotopic (exact) mass is 286 g/mol. The van der Waals surface area contributed by atoms with Crippen molar-refractivity contribution in [3.8, 4) is 11.4 Å². The zero-order valence-corrected chi connectivity index (χ0v) is 10.9. The van der Waals surface area contributed by atoms with E-state index in [0.29, 0.717) is 6.54 Å². The number of nitrogen functional groups attached to an aromatic ring is 1. The number of nitrogens with zero attached hydrogens (tertiary/aromatic N) is 4. The Balaban J connectivity index is 2.70. The van der Waals surface area contributed by atoms with Crippen molar-refractivity contribution >= 4 is 11.8 Å². The van der Waals surface area contributed by atoms with Crippen LogP contribution in [0.2, 0.25) is 0 Å². The van der Waals surface area contributed by atoms with E-state index < -0.39 is 11.7 Å². The summed E-state index contributed by atoms with van der Waals surface area (Å²) in [7, 11) is 1.34. The Bertz CT molecular complexity index is 619. The van der Waals surface area contributed by atoms with Gasteiger partial charge in [0, 0.05) is 19.8 Å². The number of anilines is 2. The van der Waals surface area contributed by atoms with Crippen LogP contribution in [0.1, 0.15) is 12.5 Å². The van der Waals surface area contributed by atoms with E-state index in [1.807, 2.05) is 6.92 Å². The van der Waals surface area contributed by atoms with Crippen LogP contribution < -0.4 is 11.1 Å². The zero-order chi connectivity index (χ0) is 14.9. The van der Waals surface area contributed by atoms with Crippen LogP contribution in [0.4, 0.5) is 24.9 Å². The molecule has 2 aromatic heterocycles. The number of nitrogens with one attached hydrogen (secondary N) is 1. The highest BCUT2D eigenvalue weighted by molar-refractivity contribution is 5.68. The van der Waals surface area contributed by atoms with Crippen molar-refractivity contribution in [2.45, 2.75) is 19.6 Å². The van der Waals surface area contributed by atoms with Crippen molar-refractivity contribution < 1.29 is 13.2 Å². The molecule has 0 aliphatic heterocycles. The molecule has 0 bridgehead atoms. The molecule has 0 aliphatic rings. The molecule has 0 spiro atoms. The van der Waals surface area contributed by atoms with Gasteiger partial charge in [-0.15, -0.1) is 0 Å². The van der Waals surface area contributed by atoms with Crippen molar-refractivity contribution in [2.24, 2.45) is 0 Å². The molecule has 0 amide bonds. The Labute approximate surface area is 112 Å². The van der Waals surface area contributed by atoms with Gasteiger partial charge in [0.15, 0.2) is 0 Å². The Morgan fingerprint density at radius 2 is 2.05 bits per heavy atom. The highest BCUT2D eigenvalue weighted by Gasteiger charge is 2.39. The number of hydrogen-bond acceptors (Lipinski definition) is 5. The lowest BCUT2D eigenvalue weighted by Gasteiger charge is -2.15. The first kappa shape index (κ1) is 14.1. The Morgan fingerprint density at radius 1 is 1.35 bits per heavy atom. The minimum absolute atomic E-state index is 0.102. The van der Waals surface area contributed by atoms with Crippen LogP contribution in [-0.4, -0.2) is 26.8 Å². The number of nitrogens with two attached hydrogens (primary N) is 1. The molecular formula is C11H13F3N6. The maximum absolute atomic E-state index is 13.2. The fraction of sp³-hybridized carbons (Fsp3) is 0.364. The van der Waals surface area contributed by atoms with E-state index >= 15 is 0 Å². The lowest BCUT2D eigenvalue weighted by molar-refractivity contribution is -0.136.